The van der Waals surface area contributed by atoms with Gasteiger partial charge in [0, 0.05) is 23.1 Å². The van der Waals surface area contributed by atoms with Gasteiger partial charge in [0.1, 0.15) is 17.6 Å². The van der Waals surface area contributed by atoms with Crippen LogP contribution in [0.3, 0.4) is 0 Å². The molecule has 2 aromatic carbocycles. The zero-order valence-corrected chi connectivity index (χ0v) is 15.2. The van der Waals surface area contributed by atoms with E-state index < -0.39 is 17.8 Å². The van der Waals surface area contributed by atoms with Gasteiger partial charge in [-0.3, -0.25) is 4.79 Å². The molecule has 7 heteroatoms. The van der Waals surface area contributed by atoms with E-state index in [9.17, 15) is 18.0 Å². The maximum absolute atomic E-state index is 13.4. The van der Waals surface area contributed by atoms with Gasteiger partial charge in [-0.2, -0.15) is 13.2 Å². The SMILES string of the molecule is COC(=O)C[C@@H]1COc2cc(O[C@@H]3CCc4cccc(C(F)(F)F)c43)ccc21. The van der Waals surface area contributed by atoms with Crippen molar-refractivity contribution in [2.75, 3.05) is 13.7 Å². The van der Waals surface area contributed by atoms with E-state index in [1.807, 2.05) is 0 Å². The number of carbonyl (C=O) groups is 1. The molecule has 0 bridgehead atoms. The van der Waals surface area contributed by atoms with Crippen molar-refractivity contribution >= 4 is 5.97 Å². The van der Waals surface area contributed by atoms with E-state index in [2.05, 4.69) is 0 Å². The summed E-state index contributed by atoms with van der Waals surface area (Å²) in [4.78, 5) is 11.5. The number of fused-ring (bicyclic) bond motifs is 2. The molecule has 0 aromatic heterocycles. The molecule has 0 amide bonds. The van der Waals surface area contributed by atoms with Gasteiger partial charge in [-0.05, 0) is 30.5 Å². The van der Waals surface area contributed by atoms with E-state index in [4.69, 9.17) is 14.2 Å². The summed E-state index contributed by atoms with van der Waals surface area (Å²) < 4.78 is 56.5. The first-order valence-corrected chi connectivity index (χ1v) is 9.06. The number of hydrogen-bond acceptors (Lipinski definition) is 4. The Morgan fingerprint density at radius 3 is 2.82 bits per heavy atom. The molecule has 0 radical (unpaired) electrons. The summed E-state index contributed by atoms with van der Waals surface area (Å²) in [7, 11) is 1.34. The third-order valence-electron chi connectivity index (χ3n) is 5.28. The van der Waals surface area contributed by atoms with Crippen LogP contribution in [-0.4, -0.2) is 19.7 Å². The van der Waals surface area contributed by atoms with Crippen LogP contribution in [0.1, 0.15) is 47.1 Å². The third-order valence-corrected chi connectivity index (χ3v) is 5.28. The Bertz CT molecular complexity index is 907. The summed E-state index contributed by atoms with van der Waals surface area (Å²) in [5.41, 5.74) is 1.14. The topological polar surface area (TPSA) is 44.8 Å². The molecule has 0 fully saturated rings. The summed E-state index contributed by atoms with van der Waals surface area (Å²) in [5, 5.41) is 0. The zero-order chi connectivity index (χ0) is 19.9. The predicted molar refractivity (Wildman–Crippen MR) is 94.4 cm³/mol. The second-order valence-electron chi connectivity index (χ2n) is 7.01. The second kappa shape index (κ2) is 7.04. The lowest BCUT2D eigenvalue weighted by Gasteiger charge is -2.20. The van der Waals surface area contributed by atoms with Crippen molar-refractivity contribution in [1.82, 2.24) is 0 Å². The Balaban J connectivity index is 1.56. The van der Waals surface area contributed by atoms with Crippen molar-refractivity contribution in [2.24, 2.45) is 0 Å². The zero-order valence-electron chi connectivity index (χ0n) is 15.2. The van der Waals surface area contributed by atoms with Crippen molar-refractivity contribution < 1.29 is 32.2 Å². The van der Waals surface area contributed by atoms with Crippen LogP contribution in [0.4, 0.5) is 13.2 Å². The van der Waals surface area contributed by atoms with Crippen LogP contribution < -0.4 is 9.47 Å². The van der Waals surface area contributed by atoms with Crippen LogP contribution in [0.5, 0.6) is 11.5 Å². The number of halogens is 3. The molecule has 4 nitrogen and oxygen atoms in total. The molecular formula is C21H19F3O4. The molecule has 1 heterocycles. The number of rotatable bonds is 4. The molecule has 1 aliphatic carbocycles. The highest BCUT2D eigenvalue weighted by Crippen LogP contribution is 2.44. The van der Waals surface area contributed by atoms with Crippen molar-refractivity contribution in [3.63, 3.8) is 0 Å². The van der Waals surface area contributed by atoms with E-state index >= 15 is 0 Å². The fourth-order valence-electron chi connectivity index (χ4n) is 3.96. The fraction of sp³-hybridized carbons (Fsp3) is 0.381. The molecule has 0 spiro atoms. The number of benzene rings is 2. The van der Waals surface area contributed by atoms with E-state index in [1.54, 1.807) is 24.3 Å². The molecule has 28 heavy (non-hydrogen) atoms. The molecule has 0 saturated carbocycles. The molecule has 0 unspecified atom stereocenters. The lowest BCUT2D eigenvalue weighted by Crippen LogP contribution is -2.13. The summed E-state index contributed by atoms with van der Waals surface area (Å²) in [6.07, 6.45) is -3.82. The average molecular weight is 392 g/mol. The third kappa shape index (κ3) is 3.41. The Labute approximate surface area is 160 Å². The summed E-state index contributed by atoms with van der Waals surface area (Å²) in [6, 6.07) is 9.46. The van der Waals surface area contributed by atoms with E-state index in [0.29, 0.717) is 36.5 Å². The summed E-state index contributed by atoms with van der Waals surface area (Å²) in [6.45, 7) is 0.359. The van der Waals surface area contributed by atoms with E-state index in [-0.39, 0.29) is 23.9 Å². The quantitative estimate of drug-likeness (QED) is 0.701. The Morgan fingerprint density at radius 2 is 2.07 bits per heavy atom. The molecule has 2 atom stereocenters. The molecular weight excluding hydrogens is 373 g/mol. The number of carbonyl (C=O) groups excluding carboxylic acids is 1. The lowest BCUT2D eigenvalue weighted by atomic mass is 9.98. The normalized spacial score (nSPS) is 20.3. The number of aryl methyl sites for hydroxylation is 1. The first kappa shape index (κ1) is 18.7. The summed E-state index contributed by atoms with van der Waals surface area (Å²) >= 11 is 0. The molecule has 2 aromatic rings. The monoisotopic (exact) mass is 392 g/mol. The van der Waals surface area contributed by atoms with E-state index in [1.165, 1.54) is 13.2 Å². The standard InChI is InChI=1S/C21H19F3O4/c1-26-19(25)9-13-11-27-18-10-14(6-7-15(13)18)28-17-8-5-12-3-2-4-16(20(12)17)21(22,23)24/h2-4,6-7,10,13,17H,5,8-9,11H2,1H3/t13-,17-/m1/s1. The van der Waals surface area contributed by atoms with Gasteiger partial charge in [-0.25, -0.2) is 0 Å². The lowest BCUT2D eigenvalue weighted by molar-refractivity contribution is -0.141. The largest absolute Gasteiger partial charge is 0.492 e. The van der Waals surface area contributed by atoms with Crippen molar-refractivity contribution in [2.45, 2.75) is 37.5 Å². The second-order valence-corrected chi connectivity index (χ2v) is 7.01. The first-order valence-electron chi connectivity index (χ1n) is 9.06. The predicted octanol–water partition coefficient (Wildman–Crippen LogP) is 4.81. The molecule has 1 aliphatic heterocycles. The van der Waals surface area contributed by atoms with E-state index in [0.717, 1.165) is 11.6 Å². The maximum atomic E-state index is 13.4. The van der Waals surface area contributed by atoms with Crippen LogP contribution in [-0.2, 0) is 22.1 Å². The highest BCUT2D eigenvalue weighted by molar-refractivity contribution is 5.71. The van der Waals surface area contributed by atoms with Gasteiger partial charge in [0.25, 0.3) is 0 Å². The highest BCUT2D eigenvalue weighted by atomic mass is 19.4. The molecule has 0 saturated heterocycles. The van der Waals surface area contributed by atoms with Crippen LogP contribution in [0.2, 0.25) is 0 Å². The van der Waals surface area contributed by atoms with Crippen molar-refractivity contribution in [3.8, 4) is 11.5 Å². The molecule has 2 aliphatic rings. The van der Waals surface area contributed by atoms with Gasteiger partial charge >= 0.3 is 12.1 Å². The minimum absolute atomic E-state index is 0.0967. The highest BCUT2D eigenvalue weighted by Gasteiger charge is 2.39. The van der Waals surface area contributed by atoms with Gasteiger partial charge in [0.2, 0.25) is 0 Å². The van der Waals surface area contributed by atoms with Gasteiger partial charge in [0.15, 0.2) is 0 Å². The van der Waals surface area contributed by atoms with Crippen LogP contribution >= 0.6 is 0 Å². The van der Waals surface area contributed by atoms with Crippen LogP contribution in [0.15, 0.2) is 36.4 Å². The number of methoxy groups -OCH3 is 1. The number of hydrogen-bond donors (Lipinski definition) is 0. The number of ether oxygens (including phenoxy) is 3. The molecule has 148 valence electrons. The number of esters is 1. The minimum atomic E-state index is -4.42. The van der Waals surface area contributed by atoms with Gasteiger partial charge in [-0.1, -0.05) is 18.2 Å². The number of alkyl halides is 3. The fourth-order valence-corrected chi connectivity index (χ4v) is 3.96. The Kier molecular flexibility index (Phi) is 4.69. The van der Waals surface area contributed by atoms with Crippen LogP contribution in [0.25, 0.3) is 0 Å². The first-order chi connectivity index (χ1) is 13.4. The Morgan fingerprint density at radius 1 is 1.25 bits per heavy atom. The maximum Gasteiger partial charge on any atom is 0.416 e. The smallest absolute Gasteiger partial charge is 0.416 e. The van der Waals surface area contributed by atoms with Crippen molar-refractivity contribution in [3.05, 3.63) is 58.7 Å². The van der Waals surface area contributed by atoms with Gasteiger partial charge in [0.05, 0.1) is 25.7 Å². The molecule has 0 N–H and O–H groups in total. The average Bonchev–Trinajstić information content (AvgIpc) is 3.25. The van der Waals surface area contributed by atoms with Crippen LogP contribution in [0, 0.1) is 0 Å². The Hall–Kier alpha value is -2.70. The minimum Gasteiger partial charge on any atom is -0.492 e. The molecule has 4 rings (SSSR count). The summed E-state index contributed by atoms with van der Waals surface area (Å²) in [5.74, 6) is 0.630. The van der Waals surface area contributed by atoms with Crippen molar-refractivity contribution in [1.29, 1.82) is 0 Å². The van der Waals surface area contributed by atoms with Gasteiger partial charge in [-0.15, -0.1) is 0 Å². The van der Waals surface area contributed by atoms with Gasteiger partial charge < -0.3 is 14.2 Å².